The van der Waals surface area contributed by atoms with Gasteiger partial charge in [-0.2, -0.15) is 0 Å². The molecule has 1 aromatic heterocycles. The zero-order chi connectivity index (χ0) is 26.8. The van der Waals surface area contributed by atoms with Gasteiger partial charge in [0, 0.05) is 18.9 Å². The maximum Gasteiger partial charge on any atom is 0.246 e. The lowest BCUT2D eigenvalue weighted by Gasteiger charge is -2.36. The summed E-state index contributed by atoms with van der Waals surface area (Å²) >= 11 is 1.59. The highest BCUT2D eigenvalue weighted by Gasteiger charge is 2.44. The third kappa shape index (κ3) is 6.31. The van der Waals surface area contributed by atoms with E-state index in [2.05, 4.69) is 15.6 Å². The third-order valence-electron chi connectivity index (χ3n) is 6.57. The molecule has 1 aliphatic heterocycles. The van der Waals surface area contributed by atoms with Crippen LogP contribution < -0.4 is 10.6 Å². The van der Waals surface area contributed by atoms with Crippen molar-refractivity contribution in [3.63, 3.8) is 0 Å². The number of nitrogens with zero attached hydrogens (tertiary/aromatic N) is 2. The first-order valence-corrected chi connectivity index (χ1v) is 13.3. The minimum atomic E-state index is -0.812. The molecule has 1 aromatic carbocycles. The van der Waals surface area contributed by atoms with Gasteiger partial charge in [-0.25, -0.2) is 4.98 Å². The van der Waals surface area contributed by atoms with Crippen molar-refractivity contribution in [3.8, 4) is 10.4 Å². The van der Waals surface area contributed by atoms with Crippen molar-refractivity contribution in [2.75, 3.05) is 6.54 Å². The highest BCUT2D eigenvalue weighted by atomic mass is 32.1. The quantitative estimate of drug-likeness (QED) is 0.524. The zero-order valence-corrected chi connectivity index (χ0v) is 23.0. The fraction of sp³-hybridized carbons (Fsp3) is 0.556. The topological polar surface area (TPSA) is 112 Å². The first-order valence-electron chi connectivity index (χ1n) is 12.4. The van der Waals surface area contributed by atoms with E-state index in [1.54, 1.807) is 25.2 Å². The molecular weight excluding hydrogens is 476 g/mol. The van der Waals surface area contributed by atoms with Gasteiger partial charge in [0.05, 0.1) is 28.2 Å². The molecule has 8 nitrogen and oxygen atoms in total. The number of aliphatic hydroxyl groups is 1. The van der Waals surface area contributed by atoms with Crippen LogP contribution in [0.5, 0.6) is 0 Å². The van der Waals surface area contributed by atoms with Crippen LogP contribution in [-0.2, 0) is 14.4 Å². The molecule has 1 fully saturated rings. The Balaban J connectivity index is 1.73. The van der Waals surface area contributed by atoms with Crippen molar-refractivity contribution in [2.24, 2.45) is 11.3 Å². The molecule has 1 saturated heterocycles. The van der Waals surface area contributed by atoms with E-state index in [1.807, 2.05) is 64.4 Å². The number of thiazole rings is 1. The van der Waals surface area contributed by atoms with Gasteiger partial charge in [0.1, 0.15) is 12.1 Å². The highest BCUT2D eigenvalue weighted by Crippen LogP contribution is 2.29. The molecule has 4 atom stereocenters. The average Bonchev–Trinajstić information content (AvgIpc) is 3.41. The summed E-state index contributed by atoms with van der Waals surface area (Å²) < 4.78 is 0. The van der Waals surface area contributed by atoms with Gasteiger partial charge in [0.15, 0.2) is 0 Å². The Kier molecular flexibility index (Phi) is 8.56. The Labute approximate surface area is 217 Å². The molecule has 2 heterocycles. The number of nitrogens with one attached hydrogen (secondary N) is 2. The van der Waals surface area contributed by atoms with Gasteiger partial charge < -0.3 is 20.6 Å². The lowest BCUT2D eigenvalue weighted by Crippen LogP contribution is -2.58. The molecule has 3 rings (SSSR count). The summed E-state index contributed by atoms with van der Waals surface area (Å²) in [6.45, 7) is 13.1. The van der Waals surface area contributed by atoms with E-state index in [0.717, 1.165) is 21.7 Å². The predicted octanol–water partition coefficient (Wildman–Crippen LogP) is 3.44. The van der Waals surface area contributed by atoms with E-state index in [4.69, 9.17) is 0 Å². The van der Waals surface area contributed by atoms with Crippen molar-refractivity contribution in [1.82, 2.24) is 20.5 Å². The SMILES string of the molecule is Cc1ncsc1-c1ccc([C@@H](C)NC(=O)[C@@H]2C[C@@H](O)CN2C(=O)[C@@H](NC(=O)C(C)C)C(C)(C)C)cc1. The number of carbonyl (C=O) groups excluding carboxylic acids is 3. The second kappa shape index (κ2) is 11.1. The fourth-order valence-corrected chi connectivity index (χ4v) is 5.14. The number of aliphatic hydroxyl groups excluding tert-OH is 1. The largest absolute Gasteiger partial charge is 0.391 e. The second-order valence-electron chi connectivity index (χ2n) is 11.0. The summed E-state index contributed by atoms with van der Waals surface area (Å²) in [7, 11) is 0. The van der Waals surface area contributed by atoms with E-state index < -0.39 is 23.6 Å². The van der Waals surface area contributed by atoms with Gasteiger partial charge in [-0.05, 0) is 30.4 Å². The minimum absolute atomic E-state index is 0.0539. The summed E-state index contributed by atoms with van der Waals surface area (Å²) in [6, 6.07) is 6.06. The molecule has 196 valence electrons. The number of β-amino-alcohol motifs (C(OH)–C–C–N with tert-alkyl or cyclic N) is 1. The monoisotopic (exact) mass is 514 g/mol. The summed E-state index contributed by atoms with van der Waals surface area (Å²) in [5, 5.41) is 16.2. The standard InChI is InChI=1S/C27H38N4O4S/c1-15(2)24(33)30-23(27(5,6)7)26(35)31-13-20(32)12-21(31)25(34)29-16(3)18-8-10-19(11-9-18)22-17(4)28-14-36-22/h8-11,14-16,20-21,23,32H,12-13H2,1-7H3,(H,29,34)(H,30,33)/t16-,20-,21+,23-/m1/s1. The first-order chi connectivity index (χ1) is 16.8. The summed E-state index contributed by atoms with van der Waals surface area (Å²) in [6.07, 6.45) is -0.647. The van der Waals surface area contributed by atoms with Gasteiger partial charge in [0.25, 0.3) is 0 Å². The van der Waals surface area contributed by atoms with Gasteiger partial charge in [-0.15, -0.1) is 11.3 Å². The van der Waals surface area contributed by atoms with Crippen molar-refractivity contribution in [2.45, 2.75) is 79.1 Å². The number of aromatic nitrogens is 1. The predicted molar refractivity (Wildman–Crippen MR) is 141 cm³/mol. The molecule has 0 saturated carbocycles. The minimum Gasteiger partial charge on any atom is -0.391 e. The van der Waals surface area contributed by atoms with E-state index in [-0.39, 0.29) is 42.6 Å². The van der Waals surface area contributed by atoms with E-state index in [9.17, 15) is 19.5 Å². The molecule has 0 bridgehead atoms. The number of benzene rings is 1. The second-order valence-corrected chi connectivity index (χ2v) is 11.8. The van der Waals surface area contributed by atoms with Crippen LogP contribution in [0, 0.1) is 18.3 Å². The Morgan fingerprint density at radius 2 is 1.75 bits per heavy atom. The van der Waals surface area contributed by atoms with Crippen LogP contribution in [0.2, 0.25) is 0 Å². The molecule has 3 N–H and O–H groups in total. The van der Waals surface area contributed by atoms with Gasteiger partial charge in [0.2, 0.25) is 17.7 Å². The molecule has 2 aromatic rings. The Morgan fingerprint density at radius 1 is 1.11 bits per heavy atom. The number of carbonyl (C=O) groups is 3. The van der Waals surface area contributed by atoms with Crippen molar-refractivity contribution < 1.29 is 19.5 Å². The smallest absolute Gasteiger partial charge is 0.246 e. The average molecular weight is 515 g/mol. The molecule has 3 amide bonds. The summed E-state index contributed by atoms with van der Waals surface area (Å²) in [5.41, 5.74) is 4.24. The zero-order valence-electron chi connectivity index (χ0n) is 22.2. The van der Waals surface area contributed by atoms with Crippen LogP contribution in [0.1, 0.15) is 65.3 Å². The van der Waals surface area contributed by atoms with E-state index >= 15 is 0 Å². The maximum atomic E-state index is 13.6. The van der Waals surface area contributed by atoms with Crippen LogP contribution in [0.4, 0.5) is 0 Å². The summed E-state index contributed by atoms with van der Waals surface area (Å²) in [4.78, 5) is 46.1. The Morgan fingerprint density at radius 3 is 2.28 bits per heavy atom. The normalized spacial score (nSPS) is 19.8. The number of amides is 3. The van der Waals surface area contributed by atoms with Crippen LogP contribution in [0.15, 0.2) is 29.8 Å². The number of rotatable bonds is 7. The molecule has 0 aliphatic carbocycles. The number of likely N-dealkylation sites (tertiary alicyclic amines) is 1. The molecule has 0 unspecified atom stereocenters. The van der Waals surface area contributed by atoms with Gasteiger partial charge >= 0.3 is 0 Å². The molecule has 1 aliphatic rings. The summed E-state index contributed by atoms with van der Waals surface area (Å²) in [5.74, 6) is -1.18. The lowest BCUT2D eigenvalue weighted by atomic mass is 9.85. The number of hydrogen-bond acceptors (Lipinski definition) is 6. The van der Waals surface area contributed by atoms with Crippen LogP contribution >= 0.6 is 11.3 Å². The van der Waals surface area contributed by atoms with Crippen molar-refractivity contribution >= 4 is 29.1 Å². The Hall–Kier alpha value is -2.78. The number of aryl methyl sites for hydroxylation is 1. The van der Waals surface area contributed by atoms with E-state index in [0.29, 0.717) is 0 Å². The lowest BCUT2D eigenvalue weighted by molar-refractivity contribution is -0.144. The molecule has 0 spiro atoms. The fourth-order valence-electron chi connectivity index (χ4n) is 4.32. The number of hydrogen-bond donors (Lipinski definition) is 3. The van der Waals surface area contributed by atoms with E-state index in [1.165, 1.54) is 4.90 Å². The third-order valence-corrected chi connectivity index (χ3v) is 7.54. The first kappa shape index (κ1) is 27.8. The highest BCUT2D eigenvalue weighted by molar-refractivity contribution is 7.13. The van der Waals surface area contributed by atoms with Crippen molar-refractivity contribution in [3.05, 3.63) is 41.0 Å². The van der Waals surface area contributed by atoms with Crippen LogP contribution in [0.3, 0.4) is 0 Å². The van der Waals surface area contributed by atoms with Crippen LogP contribution in [-0.4, -0.2) is 57.4 Å². The van der Waals surface area contributed by atoms with Gasteiger partial charge in [-0.1, -0.05) is 58.9 Å². The Bertz CT molecular complexity index is 1090. The molecular formula is C27H38N4O4S. The molecule has 0 radical (unpaired) electrons. The van der Waals surface area contributed by atoms with Gasteiger partial charge in [-0.3, -0.25) is 14.4 Å². The van der Waals surface area contributed by atoms with Crippen molar-refractivity contribution in [1.29, 1.82) is 0 Å². The van der Waals surface area contributed by atoms with Crippen LogP contribution in [0.25, 0.3) is 10.4 Å². The maximum absolute atomic E-state index is 13.6. The molecule has 9 heteroatoms. The molecule has 36 heavy (non-hydrogen) atoms.